The maximum absolute atomic E-state index is 9.88. The van der Waals surface area contributed by atoms with Crippen LogP contribution >= 0.6 is 0 Å². The molecule has 1 aliphatic rings. The largest absolute Gasteiger partial charge is 0.389 e. The molecular weight excluding hydrogens is 190 g/mol. The van der Waals surface area contributed by atoms with Crippen LogP contribution in [0.4, 0.5) is 0 Å². The zero-order chi connectivity index (χ0) is 11.3. The third-order valence-corrected chi connectivity index (χ3v) is 3.49. The number of ether oxygens (including phenoxy) is 1. The highest BCUT2D eigenvalue weighted by Crippen LogP contribution is 2.21. The lowest BCUT2D eigenvalue weighted by Gasteiger charge is -2.31. The summed E-state index contributed by atoms with van der Waals surface area (Å²) in [6.45, 7) is 4.59. The highest BCUT2D eigenvalue weighted by molar-refractivity contribution is 4.82. The van der Waals surface area contributed by atoms with Crippen LogP contribution in [0.2, 0.25) is 0 Å². The minimum Gasteiger partial charge on any atom is -0.389 e. The van der Waals surface area contributed by atoms with Crippen molar-refractivity contribution in [2.45, 2.75) is 63.7 Å². The molecule has 0 radical (unpaired) electrons. The Hall–Kier alpha value is -0.120. The van der Waals surface area contributed by atoms with E-state index in [1.54, 1.807) is 7.11 Å². The maximum atomic E-state index is 9.88. The van der Waals surface area contributed by atoms with Crippen molar-refractivity contribution in [1.82, 2.24) is 5.32 Å². The molecule has 0 heterocycles. The topological polar surface area (TPSA) is 41.5 Å². The first kappa shape index (κ1) is 12.9. The van der Waals surface area contributed by atoms with Gasteiger partial charge in [0.2, 0.25) is 0 Å². The molecule has 3 nitrogen and oxygen atoms in total. The van der Waals surface area contributed by atoms with E-state index in [0.29, 0.717) is 18.7 Å². The highest BCUT2D eigenvalue weighted by Gasteiger charge is 2.24. The molecule has 90 valence electrons. The van der Waals surface area contributed by atoms with Gasteiger partial charge in [0.25, 0.3) is 0 Å². The van der Waals surface area contributed by atoms with E-state index in [0.717, 1.165) is 12.8 Å². The van der Waals surface area contributed by atoms with E-state index < -0.39 is 5.60 Å². The molecule has 1 saturated carbocycles. The van der Waals surface area contributed by atoms with E-state index in [-0.39, 0.29) is 0 Å². The normalized spacial score (nSPS) is 31.2. The molecule has 3 atom stereocenters. The minimum atomic E-state index is -0.569. The van der Waals surface area contributed by atoms with Gasteiger partial charge in [0.15, 0.2) is 0 Å². The van der Waals surface area contributed by atoms with Crippen LogP contribution in [0.1, 0.15) is 46.0 Å². The number of aliphatic hydroxyl groups is 1. The standard InChI is InChI=1S/C12H25NO2/c1-4-12(2,14)9-13-10-6-5-7-11(8-10)15-3/h10-11,13-14H,4-9H2,1-3H3. The molecule has 0 aromatic rings. The number of methoxy groups -OCH3 is 1. The molecule has 1 fully saturated rings. The summed E-state index contributed by atoms with van der Waals surface area (Å²) in [4.78, 5) is 0. The minimum absolute atomic E-state index is 0.405. The number of hydrogen-bond acceptors (Lipinski definition) is 3. The first-order valence-corrected chi connectivity index (χ1v) is 6.06. The molecule has 0 aromatic carbocycles. The lowest BCUT2D eigenvalue weighted by atomic mass is 9.92. The summed E-state index contributed by atoms with van der Waals surface area (Å²) >= 11 is 0. The van der Waals surface area contributed by atoms with Crippen molar-refractivity contribution >= 4 is 0 Å². The van der Waals surface area contributed by atoms with Crippen molar-refractivity contribution < 1.29 is 9.84 Å². The van der Waals surface area contributed by atoms with Gasteiger partial charge < -0.3 is 15.2 Å². The summed E-state index contributed by atoms with van der Waals surface area (Å²) in [5.74, 6) is 0. The fourth-order valence-electron chi connectivity index (χ4n) is 2.03. The van der Waals surface area contributed by atoms with Gasteiger partial charge in [0.1, 0.15) is 0 Å². The number of rotatable bonds is 5. The summed E-state index contributed by atoms with van der Waals surface area (Å²) in [5, 5.41) is 13.3. The Kier molecular flexibility index (Phi) is 5.03. The van der Waals surface area contributed by atoms with Crippen LogP contribution in [0.5, 0.6) is 0 Å². The predicted octanol–water partition coefficient (Wildman–Crippen LogP) is 1.69. The second kappa shape index (κ2) is 5.83. The molecule has 2 N–H and O–H groups in total. The highest BCUT2D eigenvalue weighted by atomic mass is 16.5. The molecule has 3 heteroatoms. The average Bonchev–Trinajstić information content (AvgIpc) is 2.27. The molecule has 1 rings (SSSR count). The van der Waals surface area contributed by atoms with Gasteiger partial charge in [-0.15, -0.1) is 0 Å². The molecule has 0 bridgehead atoms. The summed E-state index contributed by atoms with van der Waals surface area (Å²) < 4.78 is 5.38. The monoisotopic (exact) mass is 215 g/mol. The first-order chi connectivity index (χ1) is 7.07. The van der Waals surface area contributed by atoms with E-state index in [4.69, 9.17) is 4.74 Å². The molecule has 0 aliphatic heterocycles. The van der Waals surface area contributed by atoms with E-state index in [1.807, 2.05) is 13.8 Å². The molecule has 0 aromatic heterocycles. The van der Waals surface area contributed by atoms with Crippen LogP contribution in [0, 0.1) is 0 Å². The quantitative estimate of drug-likeness (QED) is 0.733. The smallest absolute Gasteiger partial charge is 0.0741 e. The number of hydrogen-bond donors (Lipinski definition) is 2. The fraction of sp³-hybridized carbons (Fsp3) is 1.00. The molecule has 0 amide bonds. The van der Waals surface area contributed by atoms with Crippen molar-refractivity contribution in [1.29, 1.82) is 0 Å². The van der Waals surface area contributed by atoms with Crippen LogP contribution < -0.4 is 5.32 Å². The maximum Gasteiger partial charge on any atom is 0.0741 e. The van der Waals surface area contributed by atoms with E-state index in [1.165, 1.54) is 19.3 Å². The van der Waals surface area contributed by atoms with Crippen LogP contribution in [-0.2, 0) is 4.74 Å². The summed E-state index contributed by atoms with van der Waals surface area (Å²) in [6.07, 6.45) is 5.89. The van der Waals surface area contributed by atoms with Gasteiger partial charge in [-0.2, -0.15) is 0 Å². The molecular formula is C12H25NO2. The van der Waals surface area contributed by atoms with E-state index >= 15 is 0 Å². The Morgan fingerprint density at radius 1 is 1.47 bits per heavy atom. The second-order valence-electron chi connectivity index (χ2n) is 4.95. The third kappa shape index (κ3) is 4.49. The van der Waals surface area contributed by atoms with Crippen LogP contribution in [0.3, 0.4) is 0 Å². The molecule has 1 aliphatic carbocycles. The van der Waals surface area contributed by atoms with Crippen LogP contribution in [0.15, 0.2) is 0 Å². The molecule has 0 saturated heterocycles. The van der Waals surface area contributed by atoms with Crippen molar-refractivity contribution in [3.8, 4) is 0 Å². The Morgan fingerprint density at radius 3 is 2.80 bits per heavy atom. The van der Waals surface area contributed by atoms with Gasteiger partial charge in [-0.3, -0.25) is 0 Å². The third-order valence-electron chi connectivity index (χ3n) is 3.49. The lowest BCUT2D eigenvalue weighted by molar-refractivity contribution is 0.0348. The van der Waals surface area contributed by atoms with Gasteiger partial charge in [0, 0.05) is 19.7 Å². The Balaban J connectivity index is 2.26. The average molecular weight is 215 g/mol. The summed E-state index contributed by atoms with van der Waals surface area (Å²) in [5.41, 5.74) is -0.569. The second-order valence-corrected chi connectivity index (χ2v) is 4.95. The van der Waals surface area contributed by atoms with Crippen molar-refractivity contribution in [2.75, 3.05) is 13.7 Å². The zero-order valence-corrected chi connectivity index (χ0v) is 10.3. The lowest BCUT2D eigenvalue weighted by Crippen LogP contribution is -2.44. The van der Waals surface area contributed by atoms with Crippen molar-refractivity contribution in [3.05, 3.63) is 0 Å². The molecule has 0 spiro atoms. The molecule has 15 heavy (non-hydrogen) atoms. The van der Waals surface area contributed by atoms with Gasteiger partial charge >= 0.3 is 0 Å². The van der Waals surface area contributed by atoms with Crippen LogP contribution in [-0.4, -0.2) is 36.5 Å². The van der Waals surface area contributed by atoms with Crippen LogP contribution in [0.25, 0.3) is 0 Å². The van der Waals surface area contributed by atoms with Crippen molar-refractivity contribution in [3.63, 3.8) is 0 Å². The Labute approximate surface area is 93.2 Å². The van der Waals surface area contributed by atoms with Gasteiger partial charge in [-0.05, 0) is 39.0 Å². The summed E-state index contributed by atoms with van der Waals surface area (Å²) in [6, 6.07) is 0.515. The first-order valence-electron chi connectivity index (χ1n) is 6.06. The fourth-order valence-corrected chi connectivity index (χ4v) is 2.03. The van der Waals surface area contributed by atoms with Gasteiger partial charge in [-0.1, -0.05) is 6.92 Å². The van der Waals surface area contributed by atoms with Gasteiger partial charge in [-0.25, -0.2) is 0 Å². The number of nitrogens with one attached hydrogen (secondary N) is 1. The Morgan fingerprint density at radius 2 is 2.20 bits per heavy atom. The summed E-state index contributed by atoms with van der Waals surface area (Å²) in [7, 11) is 1.79. The molecule has 3 unspecified atom stereocenters. The van der Waals surface area contributed by atoms with Gasteiger partial charge in [0.05, 0.1) is 11.7 Å². The van der Waals surface area contributed by atoms with E-state index in [2.05, 4.69) is 5.32 Å². The zero-order valence-electron chi connectivity index (χ0n) is 10.3. The SMILES string of the molecule is CCC(C)(O)CNC1CCCC(OC)C1. The van der Waals surface area contributed by atoms with E-state index in [9.17, 15) is 5.11 Å². The predicted molar refractivity (Wildman–Crippen MR) is 62.0 cm³/mol. The van der Waals surface area contributed by atoms with Crippen molar-refractivity contribution in [2.24, 2.45) is 0 Å². The Bertz CT molecular complexity index is 182.